The second-order valence-corrected chi connectivity index (χ2v) is 8.03. The summed E-state index contributed by atoms with van der Waals surface area (Å²) in [4.78, 5) is 32.0. The van der Waals surface area contributed by atoms with E-state index in [1.54, 1.807) is 4.90 Å². The molecule has 2 aliphatic rings. The third-order valence-corrected chi connectivity index (χ3v) is 5.83. The van der Waals surface area contributed by atoms with Crippen LogP contribution in [0.1, 0.15) is 91.5 Å². The predicted octanol–water partition coefficient (Wildman–Crippen LogP) is 3.71. The lowest BCUT2D eigenvalue weighted by atomic mass is 9.97. The summed E-state index contributed by atoms with van der Waals surface area (Å²) in [7, 11) is 1.82. The van der Waals surface area contributed by atoms with Gasteiger partial charge in [0.2, 0.25) is 0 Å². The second kappa shape index (κ2) is 9.89. The zero-order valence-electron chi connectivity index (χ0n) is 17.4. The van der Waals surface area contributed by atoms with Gasteiger partial charge in [-0.15, -0.1) is 0 Å². The van der Waals surface area contributed by atoms with Gasteiger partial charge in [0.25, 0.3) is 11.8 Å². The highest BCUT2D eigenvalue weighted by molar-refractivity contribution is 5.97. The van der Waals surface area contributed by atoms with Crippen molar-refractivity contribution in [3.63, 3.8) is 0 Å². The number of amides is 2. The van der Waals surface area contributed by atoms with Crippen LogP contribution in [0, 0.1) is 0 Å². The number of carbonyl (C=O) groups excluding carboxylic acids is 2. The Morgan fingerprint density at radius 1 is 1.21 bits per heavy atom. The monoisotopic (exact) mass is 386 g/mol. The molecule has 1 aliphatic heterocycles. The van der Waals surface area contributed by atoms with Crippen molar-refractivity contribution >= 4 is 11.8 Å². The van der Waals surface area contributed by atoms with E-state index in [0.717, 1.165) is 70.2 Å². The van der Waals surface area contributed by atoms with Crippen molar-refractivity contribution in [2.45, 2.75) is 77.7 Å². The summed E-state index contributed by atoms with van der Waals surface area (Å²) < 4.78 is 1.97. The molecule has 28 heavy (non-hydrogen) atoms. The van der Waals surface area contributed by atoms with Crippen molar-refractivity contribution in [2.75, 3.05) is 20.1 Å². The molecule has 0 saturated carbocycles. The van der Waals surface area contributed by atoms with E-state index < -0.39 is 0 Å². The molecule has 0 bridgehead atoms. The number of nitrogens with zero attached hydrogens (tertiary/aromatic N) is 3. The average molecular weight is 387 g/mol. The van der Waals surface area contributed by atoms with Gasteiger partial charge in [-0.2, -0.15) is 0 Å². The van der Waals surface area contributed by atoms with Gasteiger partial charge in [0.05, 0.1) is 5.69 Å². The van der Waals surface area contributed by atoms with Crippen LogP contribution in [0.4, 0.5) is 0 Å². The van der Waals surface area contributed by atoms with Crippen LogP contribution >= 0.6 is 0 Å². The molecule has 1 aromatic heterocycles. The van der Waals surface area contributed by atoms with Crippen molar-refractivity contribution in [3.8, 4) is 0 Å². The van der Waals surface area contributed by atoms with Crippen molar-refractivity contribution in [3.05, 3.63) is 28.9 Å². The number of nitrogens with one attached hydrogen (secondary N) is 1. The van der Waals surface area contributed by atoms with Gasteiger partial charge in [0.1, 0.15) is 5.69 Å². The first kappa shape index (κ1) is 20.6. The molecule has 2 heterocycles. The topological polar surface area (TPSA) is 67.2 Å². The first-order chi connectivity index (χ1) is 13.6. The molecule has 0 fully saturated rings. The molecule has 154 valence electrons. The third-order valence-electron chi connectivity index (χ3n) is 5.83. The molecule has 0 atom stereocenters. The maximum atomic E-state index is 12.9. The Bertz CT molecular complexity index is 735. The molecule has 2 amide bonds. The van der Waals surface area contributed by atoms with Crippen LogP contribution < -0.4 is 5.32 Å². The van der Waals surface area contributed by atoms with Crippen LogP contribution in [0.15, 0.2) is 11.6 Å². The van der Waals surface area contributed by atoms with Crippen molar-refractivity contribution < 1.29 is 9.59 Å². The lowest BCUT2D eigenvalue weighted by Crippen LogP contribution is -2.29. The van der Waals surface area contributed by atoms with E-state index in [9.17, 15) is 9.59 Å². The Labute approximate surface area is 168 Å². The third kappa shape index (κ3) is 4.83. The molecule has 0 spiro atoms. The lowest BCUT2D eigenvalue weighted by molar-refractivity contribution is 0.0786. The summed E-state index contributed by atoms with van der Waals surface area (Å²) in [6, 6.07) is 0. The van der Waals surface area contributed by atoms with Gasteiger partial charge >= 0.3 is 0 Å². The molecular weight excluding hydrogens is 352 g/mol. The minimum Gasteiger partial charge on any atom is -0.349 e. The Morgan fingerprint density at radius 3 is 2.79 bits per heavy atom. The smallest absolute Gasteiger partial charge is 0.287 e. The number of allylic oxidation sites excluding steroid dienone is 1. The molecule has 1 aliphatic carbocycles. The fourth-order valence-corrected chi connectivity index (χ4v) is 4.11. The van der Waals surface area contributed by atoms with Crippen molar-refractivity contribution in [2.24, 2.45) is 0 Å². The van der Waals surface area contributed by atoms with Crippen LogP contribution in [0.2, 0.25) is 0 Å². The fraction of sp³-hybridized carbons (Fsp3) is 0.682. The number of unbranched alkanes of at least 4 members (excludes halogenated alkanes) is 1. The maximum Gasteiger partial charge on any atom is 0.287 e. The predicted molar refractivity (Wildman–Crippen MR) is 111 cm³/mol. The number of imidazole rings is 1. The lowest BCUT2D eigenvalue weighted by Gasteiger charge is -2.19. The summed E-state index contributed by atoms with van der Waals surface area (Å²) in [5.74, 6) is 0.180. The summed E-state index contributed by atoms with van der Waals surface area (Å²) in [6.07, 6.45) is 13.0. The number of rotatable bonds is 8. The molecule has 0 aromatic carbocycles. The number of fused-ring (bicyclic) bond motifs is 1. The molecule has 1 aromatic rings. The summed E-state index contributed by atoms with van der Waals surface area (Å²) in [5, 5.41) is 3.02. The van der Waals surface area contributed by atoms with Crippen LogP contribution in [0.3, 0.4) is 0 Å². The molecule has 0 radical (unpaired) electrons. The standard InChI is InChI=1S/C22H34N4O2/c1-3-4-15-25(2)22(28)19-18-12-8-9-16-26(18)20(24-19)21(27)23-14-13-17-10-6-5-7-11-17/h10H,3-9,11-16H2,1-2H3,(H,23,27). The zero-order chi connectivity index (χ0) is 19.9. The molecule has 0 unspecified atom stereocenters. The van der Waals surface area contributed by atoms with Crippen LogP contribution in [-0.4, -0.2) is 46.4 Å². The van der Waals surface area contributed by atoms with E-state index in [1.165, 1.54) is 18.4 Å². The molecule has 6 heteroatoms. The summed E-state index contributed by atoms with van der Waals surface area (Å²) in [5.41, 5.74) is 2.85. The maximum absolute atomic E-state index is 12.9. The zero-order valence-corrected chi connectivity index (χ0v) is 17.4. The van der Waals surface area contributed by atoms with Gasteiger partial charge in [0, 0.05) is 26.7 Å². The summed E-state index contributed by atoms with van der Waals surface area (Å²) >= 11 is 0. The van der Waals surface area contributed by atoms with Gasteiger partial charge in [-0.05, 0) is 57.8 Å². The van der Waals surface area contributed by atoms with Gasteiger partial charge in [-0.3, -0.25) is 9.59 Å². The van der Waals surface area contributed by atoms with Crippen LogP contribution in [0.5, 0.6) is 0 Å². The number of hydrogen-bond donors (Lipinski definition) is 1. The van der Waals surface area contributed by atoms with E-state index in [2.05, 4.69) is 23.3 Å². The first-order valence-electron chi connectivity index (χ1n) is 10.9. The first-order valence-corrected chi connectivity index (χ1v) is 10.9. The van der Waals surface area contributed by atoms with Gasteiger partial charge in [-0.1, -0.05) is 25.0 Å². The van der Waals surface area contributed by atoms with E-state index in [4.69, 9.17) is 0 Å². The number of hydrogen-bond acceptors (Lipinski definition) is 3. The van der Waals surface area contributed by atoms with Gasteiger partial charge < -0.3 is 14.8 Å². The van der Waals surface area contributed by atoms with Crippen molar-refractivity contribution in [1.82, 2.24) is 19.8 Å². The Balaban J connectivity index is 1.70. The number of aromatic nitrogens is 2. The highest BCUT2D eigenvalue weighted by Gasteiger charge is 2.28. The quantitative estimate of drug-likeness (QED) is 0.693. The van der Waals surface area contributed by atoms with E-state index in [1.807, 2.05) is 11.6 Å². The Hall–Kier alpha value is -2.11. The van der Waals surface area contributed by atoms with Crippen molar-refractivity contribution in [1.29, 1.82) is 0 Å². The Morgan fingerprint density at radius 2 is 2.04 bits per heavy atom. The Kier molecular flexibility index (Phi) is 7.29. The normalized spacial score (nSPS) is 16.3. The molecule has 3 rings (SSSR count). The molecule has 1 N–H and O–H groups in total. The minimum absolute atomic E-state index is 0.0643. The highest BCUT2D eigenvalue weighted by atomic mass is 16.2. The van der Waals surface area contributed by atoms with Crippen LogP contribution in [0.25, 0.3) is 0 Å². The second-order valence-electron chi connectivity index (χ2n) is 8.03. The van der Waals surface area contributed by atoms with Gasteiger partial charge in [0.15, 0.2) is 5.82 Å². The SMILES string of the molecule is CCCCN(C)C(=O)c1nc(C(=O)NCCC2=CCCCC2)n2c1CCCC2. The van der Waals surface area contributed by atoms with Gasteiger partial charge in [-0.25, -0.2) is 4.98 Å². The molecule has 6 nitrogen and oxygen atoms in total. The molecule has 0 saturated heterocycles. The van der Waals surface area contributed by atoms with E-state index in [-0.39, 0.29) is 11.8 Å². The minimum atomic E-state index is -0.158. The largest absolute Gasteiger partial charge is 0.349 e. The number of carbonyl (C=O) groups is 2. The van der Waals surface area contributed by atoms with E-state index in [0.29, 0.717) is 18.1 Å². The highest BCUT2D eigenvalue weighted by Crippen LogP contribution is 2.23. The molecular formula is C22H34N4O2. The fourth-order valence-electron chi connectivity index (χ4n) is 4.11. The average Bonchev–Trinajstić information content (AvgIpc) is 3.12. The van der Waals surface area contributed by atoms with E-state index >= 15 is 0 Å². The van der Waals surface area contributed by atoms with Crippen LogP contribution in [-0.2, 0) is 13.0 Å². The summed E-state index contributed by atoms with van der Waals surface area (Å²) in [6.45, 7) is 4.23.